The zero-order valence-corrected chi connectivity index (χ0v) is 13.8. The number of morpholine rings is 1. The second-order valence-corrected chi connectivity index (χ2v) is 5.43. The molecule has 130 valence electrons. The number of aromatic nitrogens is 1. The van der Waals surface area contributed by atoms with E-state index in [1.807, 2.05) is 11.1 Å². The predicted molar refractivity (Wildman–Crippen MR) is 90.4 cm³/mol. The summed E-state index contributed by atoms with van der Waals surface area (Å²) in [5, 5.41) is 11.3. The summed E-state index contributed by atoms with van der Waals surface area (Å²) in [5.41, 5.74) is 3.19. The number of hydrogen-bond donors (Lipinski definition) is 1. The molecule has 0 amide bonds. The van der Waals surface area contributed by atoms with Crippen LogP contribution < -0.4 is 11.0 Å². The molecule has 3 rings (SSSR count). The van der Waals surface area contributed by atoms with Gasteiger partial charge in [0.15, 0.2) is 0 Å². The van der Waals surface area contributed by atoms with Gasteiger partial charge in [0.2, 0.25) is 0 Å². The van der Waals surface area contributed by atoms with E-state index < -0.39 is 11.5 Å². The fourth-order valence-electron chi connectivity index (χ4n) is 2.76. The van der Waals surface area contributed by atoms with Gasteiger partial charge in [-0.15, -0.1) is 0 Å². The Balaban J connectivity index is 2.23. The molecule has 1 aliphatic heterocycles. The van der Waals surface area contributed by atoms with Crippen LogP contribution in [0.2, 0.25) is 0 Å². The van der Waals surface area contributed by atoms with Crippen LogP contribution in [0.4, 0.5) is 5.69 Å². The van der Waals surface area contributed by atoms with E-state index in [2.05, 4.69) is 5.43 Å². The standard InChI is InChI=1S/C17H18N4O4/c1-2-25-17(23)14-13-5-3-4-6-21(13)16(22)12(11-18)15(14)19-20-7-9-24-10-8-20/h3-6,19H,2,7-10H2,1H3. The Morgan fingerprint density at radius 2 is 2.16 bits per heavy atom. The van der Waals surface area contributed by atoms with E-state index in [0.717, 1.165) is 0 Å². The average Bonchev–Trinajstić information content (AvgIpc) is 2.63. The lowest BCUT2D eigenvalue weighted by Crippen LogP contribution is -2.41. The molecular weight excluding hydrogens is 324 g/mol. The summed E-state index contributed by atoms with van der Waals surface area (Å²) >= 11 is 0. The van der Waals surface area contributed by atoms with E-state index in [4.69, 9.17) is 9.47 Å². The van der Waals surface area contributed by atoms with E-state index in [1.165, 1.54) is 10.6 Å². The van der Waals surface area contributed by atoms with E-state index >= 15 is 0 Å². The van der Waals surface area contributed by atoms with Crippen LogP contribution in [0.3, 0.4) is 0 Å². The zero-order valence-electron chi connectivity index (χ0n) is 13.8. The molecule has 25 heavy (non-hydrogen) atoms. The van der Waals surface area contributed by atoms with Crippen LogP contribution in [0.5, 0.6) is 0 Å². The lowest BCUT2D eigenvalue weighted by Gasteiger charge is -2.29. The first-order valence-corrected chi connectivity index (χ1v) is 8.01. The minimum atomic E-state index is -0.585. The summed E-state index contributed by atoms with van der Waals surface area (Å²) in [7, 11) is 0. The van der Waals surface area contributed by atoms with E-state index in [9.17, 15) is 14.9 Å². The molecule has 8 heteroatoms. The normalized spacial score (nSPS) is 14.9. The number of esters is 1. The molecule has 0 aromatic carbocycles. The number of hydrogen-bond acceptors (Lipinski definition) is 7. The molecular formula is C17H18N4O4. The van der Waals surface area contributed by atoms with Crippen LogP contribution in [-0.2, 0) is 9.47 Å². The third-order valence-electron chi connectivity index (χ3n) is 3.92. The molecule has 1 aliphatic rings. The summed E-state index contributed by atoms with van der Waals surface area (Å²) in [6.07, 6.45) is 1.53. The van der Waals surface area contributed by atoms with Crippen molar-refractivity contribution in [2.75, 3.05) is 38.3 Å². The number of anilines is 1. The Hall–Kier alpha value is -2.89. The van der Waals surface area contributed by atoms with Crippen molar-refractivity contribution in [2.45, 2.75) is 6.92 Å². The van der Waals surface area contributed by atoms with Gasteiger partial charge in [0.1, 0.15) is 17.2 Å². The molecule has 0 spiro atoms. The SMILES string of the molecule is CCOC(=O)c1c(NN2CCOCC2)c(C#N)c(=O)n2ccccc12. The third kappa shape index (κ3) is 3.20. The molecule has 0 radical (unpaired) electrons. The number of nitriles is 1. The highest BCUT2D eigenvalue weighted by atomic mass is 16.5. The largest absolute Gasteiger partial charge is 0.462 e. The van der Waals surface area contributed by atoms with Gasteiger partial charge in [0.25, 0.3) is 5.56 Å². The highest BCUT2D eigenvalue weighted by Gasteiger charge is 2.25. The van der Waals surface area contributed by atoms with Crippen LogP contribution >= 0.6 is 0 Å². The second kappa shape index (κ2) is 7.34. The van der Waals surface area contributed by atoms with Crippen molar-refractivity contribution in [3.8, 4) is 6.07 Å². The van der Waals surface area contributed by atoms with Crippen LogP contribution in [-0.4, -0.2) is 48.3 Å². The van der Waals surface area contributed by atoms with Crippen LogP contribution in [0.25, 0.3) is 5.52 Å². The summed E-state index contributed by atoms with van der Waals surface area (Å²) in [4.78, 5) is 25.2. The number of pyridine rings is 2. The van der Waals surface area contributed by atoms with E-state index in [1.54, 1.807) is 25.1 Å². The summed E-state index contributed by atoms with van der Waals surface area (Å²) in [5.74, 6) is -0.585. The molecule has 1 N–H and O–H groups in total. The lowest BCUT2D eigenvalue weighted by molar-refractivity contribution is 0.0488. The fraction of sp³-hybridized carbons (Fsp3) is 0.353. The quantitative estimate of drug-likeness (QED) is 0.828. The van der Waals surface area contributed by atoms with Crippen molar-refractivity contribution < 1.29 is 14.3 Å². The third-order valence-corrected chi connectivity index (χ3v) is 3.92. The molecule has 1 saturated heterocycles. The molecule has 0 unspecified atom stereocenters. The topological polar surface area (TPSA) is 96.1 Å². The Morgan fingerprint density at radius 1 is 1.40 bits per heavy atom. The summed E-state index contributed by atoms with van der Waals surface area (Å²) in [6.45, 7) is 4.08. The maximum atomic E-state index is 12.7. The first-order valence-electron chi connectivity index (χ1n) is 8.01. The summed E-state index contributed by atoms with van der Waals surface area (Å²) in [6, 6.07) is 6.96. The Labute approximate surface area is 144 Å². The molecule has 0 saturated carbocycles. The van der Waals surface area contributed by atoms with Crippen LogP contribution in [0.15, 0.2) is 29.2 Å². The van der Waals surface area contributed by atoms with Gasteiger partial charge in [-0.1, -0.05) is 6.07 Å². The fourth-order valence-corrected chi connectivity index (χ4v) is 2.76. The average molecular weight is 342 g/mol. The number of carbonyl (C=O) groups excluding carboxylic acids is 1. The van der Waals surface area contributed by atoms with E-state index in [0.29, 0.717) is 31.8 Å². The molecule has 2 aromatic rings. The lowest BCUT2D eigenvalue weighted by atomic mass is 10.1. The first kappa shape index (κ1) is 17.0. The van der Waals surface area contributed by atoms with Crippen molar-refractivity contribution in [3.05, 3.63) is 45.9 Å². The van der Waals surface area contributed by atoms with Gasteiger partial charge in [-0.25, -0.2) is 9.80 Å². The predicted octanol–water partition coefficient (Wildman–Crippen LogP) is 1.01. The minimum absolute atomic E-state index is 0.127. The van der Waals surface area contributed by atoms with Crippen molar-refractivity contribution in [3.63, 3.8) is 0 Å². The summed E-state index contributed by atoms with van der Waals surface area (Å²) < 4.78 is 11.7. The van der Waals surface area contributed by atoms with Gasteiger partial charge in [0, 0.05) is 19.3 Å². The maximum Gasteiger partial charge on any atom is 0.342 e. The number of nitrogens with zero attached hydrogens (tertiary/aromatic N) is 3. The monoisotopic (exact) mass is 342 g/mol. The minimum Gasteiger partial charge on any atom is -0.462 e. The molecule has 3 heterocycles. The smallest absolute Gasteiger partial charge is 0.342 e. The van der Waals surface area contributed by atoms with Gasteiger partial charge in [-0.3, -0.25) is 9.20 Å². The van der Waals surface area contributed by atoms with Crippen molar-refractivity contribution in [1.82, 2.24) is 9.41 Å². The zero-order chi connectivity index (χ0) is 17.8. The Bertz CT molecular complexity index is 894. The molecule has 1 fully saturated rings. The number of ether oxygens (including phenoxy) is 2. The van der Waals surface area contributed by atoms with Gasteiger partial charge < -0.3 is 14.9 Å². The van der Waals surface area contributed by atoms with Crippen molar-refractivity contribution >= 4 is 17.2 Å². The molecule has 2 aromatic heterocycles. The van der Waals surface area contributed by atoms with Crippen molar-refractivity contribution in [1.29, 1.82) is 5.26 Å². The van der Waals surface area contributed by atoms with Gasteiger partial charge >= 0.3 is 5.97 Å². The van der Waals surface area contributed by atoms with Crippen LogP contribution in [0, 0.1) is 11.3 Å². The molecule has 0 bridgehead atoms. The Kier molecular flexibility index (Phi) is 4.97. The maximum absolute atomic E-state index is 12.7. The number of nitrogens with one attached hydrogen (secondary N) is 1. The number of hydrazine groups is 1. The van der Waals surface area contributed by atoms with Gasteiger partial charge in [-0.2, -0.15) is 5.26 Å². The van der Waals surface area contributed by atoms with Gasteiger partial charge in [-0.05, 0) is 19.1 Å². The highest BCUT2D eigenvalue weighted by molar-refractivity contribution is 6.03. The van der Waals surface area contributed by atoms with E-state index in [-0.39, 0.29) is 23.4 Å². The second-order valence-electron chi connectivity index (χ2n) is 5.43. The van der Waals surface area contributed by atoms with Crippen LogP contribution in [0.1, 0.15) is 22.8 Å². The van der Waals surface area contributed by atoms with Gasteiger partial charge in [0.05, 0.1) is 31.0 Å². The highest BCUT2D eigenvalue weighted by Crippen LogP contribution is 2.25. The number of rotatable bonds is 4. The Morgan fingerprint density at radius 3 is 2.84 bits per heavy atom. The van der Waals surface area contributed by atoms with Crippen molar-refractivity contribution in [2.24, 2.45) is 0 Å². The first-order chi connectivity index (χ1) is 12.2. The molecule has 0 aliphatic carbocycles. The molecule has 0 atom stereocenters. The number of carbonyl (C=O) groups is 1. The molecule has 8 nitrogen and oxygen atoms in total. The number of fused-ring (bicyclic) bond motifs is 1.